The van der Waals surface area contributed by atoms with Gasteiger partial charge in [0.1, 0.15) is 11.5 Å². The summed E-state index contributed by atoms with van der Waals surface area (Å²) in [5.74, 6) is 1.79. The molecule has 6 heteroatoms. The van der Waals surface area contributed by atoms with Crippen LogP contribution in [0.15, 0.2) is 18.5 Å². The molecule has 0 spiro atoms. The molecule has 4 heterocycles. The molecule has 4 rings (SSSR count). The van der Waals surface area contributed by atoms with Gasteiger partial charge in [-0.1, -0.05) is 0 Å². The second-order valence-corrected chi connectivity index (χ2v) is 7.12. The van der Waals surface area contributed by atoms with Gasteiger partial charge in [-0.3, -0.25) is 4.90 Å². The normalized spacial score (nSPS) is 23.8. The number of imidazole rings is 1. The van der Waals surface area contributed by atoms with Crippen LogP contribution in [-0.2, 0) is 0 Å². The SMILES string of the molecule is Cc1cc(-c2ncc[nH]2)nc([C@@H]2CCCN2C2CCN(C)CC2)n1. The Labute approximate surface area is 143 Å². The first kappa shape index (κ1) is 15.7. The first-order valence-corrected chi connectivity index (χ1v) is 9.00. The van der Waals surface area contributed by atoms with Crippen LogP contribution in [0.4, 0.5) is 0 Å². The van der Waals surface area contributed by atoms with Gasteiger partial charge in [0.25, 0.3) is 0 Å². The van der Waals surface area contributed by atoms with E-state index in [0.717, 1.165) is 29.5 Å². The van der Waals surface area contributed by atoms with Crippen LogP contribution < -0.4 is 0 Å². The van der Waals surface area contributed by atoms with E-state index in [2.05, 4.69) is 26.8 Å². The highest BCUT2D eigenvalue weighted by Crippen LogP contribution is 2.35. The molecule has 0 aromatic carbocycles. The molecule has 2 fully saturated rings. The maximum absolute atomic E-state index is 4.86. The molecule has 6 nitrogen and oxygen atoms in total. The summed E-state index contributed by atoms with van der Waals surface area (Å²) < 4.78 is 0. The Morgan fingerprint density at radius 1 is 1.12 bits per heavy atom. The van der Waals surface area contributed by atoms with Gasteiger partial charge in [-0.05, 0) is 65.4 Å². The molecule has 2 aromatic rings. The third kappa shape index (κ3) is 3.08. The lowest BCUT2D eigenvalue weighted by atomic mass is 10.0. The first-order valence-electron chi connectivity index (χ1n) is 9.00. The van der Waals surface area contributed by atoms with Gasteiger partial charge in [-0.2, -0.15) is 0 Å². The molecule has 2 saturated heterocycles. The minimum atomic E-state index is 0.354. The zero-order valence-electron chi connectivity index (χ0n) is 14.6. The molecule has 0 bridgehead atoms. The molecule has 0 saturated carbocycles. The molecular weight excluding hydrogens is 300 g/mol. The zero-order valence-corrected chi connectivity index (χ0v) is 14.6. The fourth-order valence-electron chi connectivity index (χ4n) is 4.10. The van der Waals surface area contributed by atoms with Crippen molar-refractivity contribution in [3.63, 3.8) is 0 Å². The third-order valence-electron chi connectivity index (χ3n) is 5.36. The van der Waals surface area contributed by atoms with Crippen molar-refractivity contribution in [1.29, 1.82) is 0 Å². The Hall–Kier alpha value is -1.79. The first-order chi connectivity index (χ1) is 11.7. The van der Waals surface area contributed by atoms with E-state index in [4.69, 9.17) is 9.97 Å². The number of aryl methyl sites for hydroxylation is 1. The van der Waals surface area contributed by atoms with Crippen LogP contribution in [0.2, 0.25) is 0 Å². The number of hydrogen-bond acceptors (Lipinski definition) is 5. The van der Waals surface area contributed by atoms with Gasteiger partial charge in [0.2, 0.25) is 0 Å². The van der Waals surface area contributed by atoms with Gasteiger partial charge < -0.3 is 9.88 Å². The Bertz CT molecular complexity index is 675. The second-order valence-electron chi connectivity index (χ2n) is 7.12. The third-order valence-corrected chi connectivity index (χ3v) is 5.36. The summed E-state index contributed by atoms with van der Waals surface area (Å²) in [6, 6.07) is 3.04. The lowest BCUT2D eigenvalue weighted by molar-refractivity contribution is 0.107. The van der Waals surface area contributed by atoms with Crippen molar-refractivity contribution in [1.82, 2.24) is 29.7 Å². The van der Waals surface area contributed by atoms with Crippen LogP contribution >= 0.6 is 0 Å². The number of aromatic amines is 1. The highest BCUT2D eigenvalue weighted by molar-refractivity contribution is 5.49. The summed E-state index contributed by atoms with van der Waals surface area (Å²) in [7, 11) is 2.22. The molecule has 2 aliphatic rings. The van der Waals surface area contributed by atoms with Gasteiger partial charge >= 0.3 is 0 Å². The molecule has 2 aromatic heterocycles. The van der Waals surface area contributed by atoms with Crippen molar-refractivity contribution < 1.29 is 0 Å². The van der Waals surface area contributed by atoms with Crippen LogP contribution in [0.25, 0.3) is 11.5 Å². The number of likely N-dealkylation sites (tertiary alicyclic amines) is 2. The standard InChI is InChI=1S/C18H26N6/c1-13-12-15(17-19-7-8-20-17)22-18(21-13)16-4-3-9-24(16)14-5-10-23(2)11-6-14/h7-8,12,14,16H,3-6,9-11H2,1-2H3,(H,19,20)/t16-/m0/s1. The Morgan fingerprint density at radius 2 is 1.96 bits per heavy atom. The quantitative estimate of drug-likeness (QED) is 0.938. The number of hydrogen-bond donors (Lipinski definition) is 1. The van der Waals surface area contributed by atoms with E-state index >= 15 is 0 Å². The van der Waals surface area contributed by atoms with Crippen LogP contribution in [-0.4, -0.2) is 62.5 Å². The number of nitrogens with zero attached hydrogens (tertiary/aromatic N) is 5. The molecule has 24 heavy (non-hydrogen) atoms. The lowest BCUT2D eigenvalue weighted by Gasteiger charge is -2.37. The highest BCUT2D eigenvalue weighted by Gasteiger charge is 2.35. The van der Waals surface area contributed by atoms with E-state index in [1.54, 1.807) is 6.20 Å². The summed E-state index contributed by atoms with van der Waals surface area (Å²) in [5.41, 5.74) is 1.92. The molecular formula is C18H26N6. The van der Waals surface area contributed by atoms with E-state index in [1.807, 2.05) is 19.2 Å². The van der Waals surface area contributed by atoms with Crippen molar-refractivity contribution in [2.24, 2.45) is 0 Å². The number of piperidine rings is 1. The maximum atomic E-state index is 4.86. The molecule has 0 radical (unpaired) electrons. The molecule has 2 aliphatic heterocycles. The van der Waals surface area contributed by atoms with Gasteiger partial charge in [-0.15, -0.1) is 0 Å². The van der Waals surface area contributed by atoms with Gasteiger partial charge in [0, 0.05) is 24.1 Å². The Balaban J connectivity index is 1.60. The van der Waals surface area contributed by atoms with Crippen LogP contribution in [0, 0.1) is 6.92 Å². The minimum Gasteiger partial charge on any atom is -0.343 e. The van der Waals surface area contributed by atoms with Crippen LogP contribution in [0.3, 0.4) is 0 Å². The summed E-state index contributed by atoms with van der Waals surface area (Å²) in [4.78, 5) is 22.2. The van der Waals surface area contributed by atoms with Gasteiger partial charge in [-0.25, -0.2) is 15.0 Å². The van der Waals surface area contributed by atoms with Crippen molar-refractivity contribution in [3.8, 4) is 11.5 Å². The predicted octanol–water partition coefficient (Wildman–Crippen LogP) is 2.41. The van der Waals surface area contributed by atoms with Gasteiger partial charge in [0.15, 0.2) is 5.82 Å². The predicted molar refractivity (Wildman–Crippen MR) is 93.6 cm³/mol. The number of rotatable bonds is 3. The van der Waals surface area contributed by atoms with Crippen molar-refractivity contribution in [2.45, 2.75) is 44.7 Å². The number of nitrogens with one attached hydrogen (secondary N) is 1. The Morgan fingerprint density at radius 3 is 2.71 bits per heavy atom. The Kier molecular flexibility index (Phi) is 4.33. The summed E-state index contributed by atoms with van der Waals surface area (Å²) in [6.45, 7) is 5.61. The zero-order chi connectivity index (χ0) is 16.5. The summed E-state index contributed by atoms with van der Waals surface area (Å²) in [6.07, 6.45) is 8.52. The van der Waals surface area contributed by atoms with E-state index in [-0.39, 0.29) is 0 Å². The molecule has 128 valence electrons. The molecule has 0 amide bonds. The number of aromatic nitrogens is 4. The summed E-state index contributed by atoms with van der Waals surface area (Å²) in [5, 5.41) is 0. The second kappa shape index (κ2) is 6.61. The highest BCUT2D eigenvalue weighted by atomic mass is 15.2. The molecule has 1 N–H and O–H groups in total. The molecule has 1 atom stereocenters. The average molecular weight is 326 g/mol. The molecule has 0 unspecified atom stereocenters. The van der Waals surface area contributed by atoms with Crippen molar-refractivity contribution >= 4 is 0 Å². The monoisotopic (exact) mass is 326 g/mol. The minimum absolute atomic E-state index is 0.354. The van der Waals surface area contributed by atoms with Crippen LogP contribution in [0.5, 0.6) is 0 Å². The fraction of sp³-hybridized carbons (Fsp3) is 0.611. The van der Waals surface area contributed by atoms with E-state index in [0.29, 0.717) is 12.1 Å². The summed E-state index contributed by atoms with van der Waals surface area (Å²) >= 11 is 0. The van der Waals surface area contributed by atoms with E-state index < -0.39 is 0 Å². The van der Waals surface area contributed by atoms with Crippen LogP contribution in [0.1, 0.15) is 43.2 Å². The smallest absolute Gasteiger partial charge is 0.156 e. The fourth-order valence-corrected chi connectivity index (χ4v) is 4.10. The molecule has 0 aliphatic carbocycles. The average Bonchev–Trinajstić information content (AvgIpc) is 3.27. The number of H-pyrrole nitrogens is 1. The topological polar surface area (TPSA) is 60.9 Å². The van der Waals surface area contributed by atoms with Gasteiger partial charge in [0.05, 0.1) is 6.04 Å². The lowest BCUT2D eigenvalue weighted by Crippen LogP contribution is -2.43. The van der Waals surface area contributed by atoms with Crippen molar-refractivity contribution in [2.75, 3.05) is 26.7 Å². The van der Waals surface area contributed by atoms with Crippen molar-refractivity contribution in [3.05, 3.63) is 30.0 Å². The largest absolute Gasteiger partial charge is 0.343 e. The maximum Gasteiger partial charge on any atom is 0.156 e. The van der Waals surface area contributed by atoms with E-state index in [1.165, 1.54) is 38.9 Å². The van der Waals surface area contributed by atoms with E-state index in [9.17, 15) is 0 Å².